The molecule has 0 saturated carbocycles. The number of alkyl halides is 3. The molecule has 1 amide bonds. The molecule has 1 aromatic carbocycles. The molecule has 4 rings (SSSR count). The van der Waals surface area contributed by atoms with Gasteiger partial charge in [0.2, 0.25) is 5.91 Å². The Kier molecular flexibility index (Phi) is 5.17. The van der Waals surface area contributed by atoms with Crippen LogP contribution in [0.15, 0.2) is 48.8 Å². The van der Waals surface area contributed by atoms with Gasteiger partial charge in [0.05, 0.1) is 12.0 Å². The largest absolute Gasteiger partial charge is 0.417 e. The Balaban J connectivity index is 1.40. The highest BCUT2D eigenvalue weighted by Gasteiger charge is 2.31. The second-order valence-corrected chi connectivity index (χ2v) is 7.16. The molecule has 1 saturated heterocycles. The van der Waals surface area contributed by atoms with E-state index in [1.54, 1.807) is 0 Å². The van der Waals surface area contributed by atoms with E-state index in [0.717, 1.165) is 35.2 Å². The van der Waals surface area contributed by atoms with Gasteiger partial charge in [-0.2, -0.15) is 13.2 Å². The number of rotatable bonds is 3. The highest BCUT2D eigenvalue weighted by molar-refractivity contribution is 5.88. The zero-order valence-electron chi connectivity index (χ0n) is 15.7. The zero-order valence-corrected chi connectivity index (χ0v) is 15.7. The maximum atomic E-state index is 12.8. The summed E-state index contributed by atoms with van der Waals surface area (Å²) in [6.45, 7) is 2.33. The summed E-state index contributed by atoms with van der Waals surface area (Å²) in [5.41, 5.74) is 1.22. The predicted molar refractivity (Wildman–Crippen MR) is 105 cm³/mol. The lowest BCUT2D eigenvalue weighted by Gasteiger charge is -2.23. The summed E-state index contributed by atoms with van der Waals surface area (Å²) in [7, 11) is 0. The van der Waals surface area contributed by atoms with Gasteiger partial charge in [0.15, 0.2) is 0 Å². The predicted octanol–water partition coefficient (Wildman–Crippen LogP) is 3.86. The fraction of sp³-hybridized carbons (Fsp3) is 0.333. The molecule has 0 radical (unpaired) electrons. The molecule has 2 aromatic heterocycles. The zero-order chi connectivity index (χ0) is 20.4. The van der Waals surface area contributed by atoms with Crippen molar-refractivity contribution in [3.05, 3.63) is 59.9 Å². The lowest BCUT2D eigenvalue weighted by Crippen LogP contribution is -2.36. The number of hydrogen-bond donors (Lipinski definition) is 1. The molecular formula is C21H21F3N4O. The summed E-state index contributed by atoms with van der Waals surface area (Å²) in [5, 5.41) is 1.05. The molecule has 0 bridgehead atoms. The Labute approximate surface area is 166 Å². The molecule has 0 atom stereocenters. The molecular weight excluding hydrogens is 381 g/mol. The van der Waals surface area contributed by atoms with E-state index in [-0.39, 0.29) is 5.91 Å². The van der Waals surface area contributed by atoms with Crippen molar-refractivity contribution in [2.75, 3.05) is 31.1 Å². The van der Waals surface area contributed by atoms with Crippen LogP contribution in [0.4, 0.5) is 19.0 Å². The molecule has 8 heteroatoms. The highest BCUT2D eigenvalue weighted by atomic mass is 19.4. The first-order valence-electron chi connectivity index (χ1n) is 9.53. The van der Waals surface area contributed by atoms with Crippen LogP contribution in [0.5, 0.6) is 0 Å². The maximum Gasteiger partial charge on any atom is 0.417 e. The van der Waals surface area contributed by atoms with Crippen molar-refractivity contribution in [2.24, 2.45) is 0 Å². The minimum absolute atomic E-state index is 0.0528. The third kappa shape index (κ3) is 4.21. The number of benzene rings is 1. The fourth-order valence-corrected chi connectivity index (χ4v) is 3.69. The number of para-hydroxylation sites is 1. The Morgan fingerprint density at radius 3 is 2.66 bits per heavy atom. The molecule has 1 aliphatic heterocycles. The van der Waals surface area contributed by atoms with Crippen molar-refractivity contribution in [1.82, 2.24) is 14.9 Å². The highest BCUT2D eigenvalue weighted by Crippen LogP contribution is 2.29. The maximum absolute atomic E-state index is 12.8. The monoisotopic (exact) mass is 402 g/mol. The Morgan fingerprint density at radius 2 is 1.90 bits per heavy atom. The molecule has 0 spiro atoms. The summed E-state index contributed by atoms with van der Waals surface area (Å²) in [5.74, 6) is 0.556. The van der Waals surface area contributed by atoms with E-state index >= 15 is 0 Å². The van der Waals surface area contributed by atoms with Gasteiger partial charge in [-0.1, -0.05) is 18.2 Å². The average Bonchev–Trinajstić information content (AvgIpc) is 2.95. The first kappa shape index (κ1) is 19.3. The molecule has 0 unspecified atom stereocenters. The van der Waals surface area contributed by atoms with Crippen molar-refractivity contribution in [1.29, 1.82) is 0 Å². The number of carbonyl (C=O) groups is 1. The number of nitrogens with one attached hydrogen (secondary N) is 1. The molecule has 152 valence electrons. The van der Waals surface area contributed by atoms with Crippen molar-refractivity contribution in [3.8, 4) is 0 Å². The van der Waals surface area contributed by atoms with Crippen LogP contribution in [0.1, 0.15) is 17.5 Å². The van der Waals surface area contributed by atoms with Gasteiger partial charge in [0.25, 0.3) is 0 Å². The summed E-state index contributed by atoms with van der Waals surface area (Å²) in [6, 6.07) is 10.3. The van der Waals surface area contributed by atoms with Gasteiger partial charge in [-0.3, -0.25) is 4.79 Å². The number of amides is 1. The van der Waals surface area contributed by atoms with E-state index in [2.05, 4.69) is 9.97 Å². The molecule has 5 nitrogen and oxygen atoms in total. The number of carbonyl (C=O) groups excluding carboxylic acids is 1. The molecule has 3 heterocycles. The molecule has 3 aromatic rings. The van der Waals surface area contributed by atoms with Crippen LogP contribution in [0, 0.1) is 0 Å². The third-order valence-corrected chi connectivity index (χ3v) is 5.26. The summed E-state index contributed by atoms with van der Waals surface area (Å²) in [6.07, 6.45) is -0.597. The normalized spacial score (nSPS) is 15.6. The fourth-order valence-electron chi connectivity index (χ4n) is 3.69. The third-order valence-electron chi connectivity index (χ3n) is 5.26. The minimum atomic E-state index is -4.39. The number of halogens is 3. The Morgan fingerprint density at radius 1 is 1.07 bits per heavy atom. The SMILES string of the molecule is O=C(Cc1c[nH]c2ccccc12)N1CCCN(c2ccc(C(F)(F)F)cn2)CC1. The van der Waals surface area contributed by atoms with Crippen LogP contribution in [0.2, 0.25) is 0 Å². The van der Waals surface area contributed by atoms with Crippen LogP contribution in [-0.4, -0.2) is 47.0 Å². The topological polar surface area (TPSA) is 52.2 Å². The van der Waals surface area contributed by atoms with Gasteiger partial charge >= 0.3 is 6.18 Å². The number of aromatic amines is 1. The lowest BCUT2D eigenvalue weighted by molar-refractivity contribution is -0.137. The van der Waals surface area contributed by atoms with E-state index in [9.17, 15) is 18.0 Å². The number of hydrogen-bond acceptors (Lipinski definition) is 3. The van der Waals surface area contributed by atoms with Gasteiger partial charge in [-0.15, -0.1) is 0 Å². The molecule has 29 heavy (non-hydrogen) atoms. The number of aromatic nitrogens is 2. The first-order valence-corrected chi connectivity index (χ1v) is 9.53. The minimum Gasteiger partial charge on any atom is -0.361 e. The van der Waals surface area contributed by atoms with E-state index in [4.69, 9.17) is 0 Å². The van der Waals surface area contributed by atoms with Crippen LogP contribution in [-0.2, 0) is 17.4 Å². The summed E-state index contributed by atoms with van der Waals surface area (Å²) >= 11 is 0. The second-order valence-electron chi connectivity index (χ2n) is 7.16. The standard InChI is InChI=1S/C21H21F3N4O/c22-21(23,24)16-6-7-19(26-14-16)27-8-3-9-28(11-10-27)20(29)12-15-13-25-18-5-2-1-4-17(15)18/h1-2,4-7,13-14,25H,3,8-12H2. The molecule has 1 aliphatic rings. The number of anilines is 1. The van der Waals surface area contributed by atoms with Gasteiger partial charge in [-0.05, 0) is 30.2 Å². The molecule has 0 aliphatic carbocycles. The second kappa shape index (κ2) is 7.77. The lowest BCUT2D eigenvalue weighted by atomic mass is 10.1. The van der Waals surface area contributed by atoms with Gasteiger partial charge in [-0.25, -0.2) is 4.98 Å². The van der Waals surface area contributed by atoms with Crippen molar-refractivity contribution in [3.63, 3.8) is 0 Å². The Bertz CT molecular complexity index is 997. The number of H-pyrrole nitrogens is 1. The van der Waals surface area contributed by atoms with E-state index in [1.807, 2.05) is 40.3 Å². The quantitative estimate of drug-likeness (QED) is 0.724. The van der Waals surface area contributed by atoms with Crippen molar-refractivity contribution in [2.45, 2.75) is 19.0 Å². The van der Waals surface area contributed by atoms with Crippen LogP contribution in [0.3, 0.4) is 0 Å². The van der Waals surface area contributed by atoms with Crippen LogP contribution < -0.4 is 4.90 Å². The number of pyridine rings is 1. The smallest absolute Gasteiger partial charge is 0.361 e. The van der Waals surface area contributed by atoms with Crippen LogP contribution >= 0.6 is 0 Å². The first-order chi connectivity index (χ1) is 13.9. The van der Waals surface area contributed by atoms with E-state index in [1.165, 1.54) is 6.07 Å². The van der Waals surface area contributed by atoms with Gasteiger partial charge in [0, 0.05) is 49.5 Å². The van der Waals surface area contributed by atoms with E-state index in [0.29, 0.717) is 38.4 Å². The molecule has 1 N–H and O–H groups in total. The average molecular weight is 402 g/mol. The summed E-state index contributed by atoms with van der Waals surface area (Å²) < 4.78 is 38.2. The van der Waals surface area contributed by atoms with Crippen LogP contribution in [0.25, 0.3) is 10.9 Å². The Hall–Kier alpha value is -3.03. The van der Waals surface area contributed by atoms with Gasteiger partial charge in [0.1, 0.15) is 5.82 Å². The molecule has 1 fully saturated rings. The van der Waals surface area contributed by atoms with E-state index < -0.39 is 11.7 Å². The van der Waals surface area contributed by atoms with Crippen molar-refractivity contribution < 1.29 is 18.0 Å². The van der Waals surface area contributed by atoms with Crippen molar-refractivity contribution >= 4 is 22.6 Å². The number of nitrogens with zero attached hydrogens (tertiary/aromatic N) is 3. The van der Waals surface area contributed by atoms with Gasteiger partial charge < -0.3 is 14.8 Å². The summed E-state index contributed by atoms with van der Waals surface area (Å²) in [4.78, 5) is 23.7. The number of fused-ring (bicyclic) bond motifs is 1.